The van der Waals surface area contributed by atoms with Gasteiger partial charge in [-0.25, -0.2) is 20.8 Å². The lowest BCUT2D eigenvalue weighted by atomic mass is 10.6. The number of hydrogen-bond donors (Lipinski definition) is 2. The van der Waals surface area contributed by atoms with E-state index in [4.69, 9.17) is 10.3 Å². The number of nitrogens with two attached hydrogens (primary N) is 1. The summed E-state index contributed by atoms with van der Waals surface area (Å²) in [4.78, 5) is 12.4. The Labute approximate surface area is 100 Å². The van der Waals surface area contributed by atoms with Gasteiger partial charge in [-0.15, -0.1) is 0 Å². The van der Waals surface area contributed by atoms with Crippen LogP contribution in [0, 0.1) is 0 Å². The van der Waals surface area contributed by atoms with Gasteiger partial charge >= 0.3 is 0 Å². The number of hydrogen-bond acceptors (Lipinski definition) is 8. The van der Waals surface area contributed by atoms with Crippen LogP contribution in [0.25, 0.3) is 0 Å². The van der Waals surface area contributed by atoms with Crippen molar-refractivity contribution in [3.8, 4) is 0 Å². The number of nitrogens with one attached hydrogen (secondary N) is 1. The SMILES string of the molecule is CSc1nc(NN)cc(Sc2ncco2)n1. The normalized spacial score (nSPS) is 10.4. The summed E-state index contributed by atoms with van der Waals surface area (Å²) in [5.74, 6) is 5.88. The number of anilines is 1. The quantitative estimate of drug-likeness (QED) is 0.280. The highest BCUT2D eigenvalue weighted by Crippen LogP contribution is 2.27. The van der Waals surface area contributed by atoms with E-state index in [9.17, 15) is 0 Å². The Balaban J connectivity index is 2.26. The third-order valence-corrected chi connectivity index (χ3v) is 2.96. The van der Waals surface area contributed by atoms with Crippen LogP contribution in [0.1, 0.15) is 0 Å². The van der Waals surface area contributed by atoms with Crippen LogP contribution in [-0.4, -0.2) is 21.2 Å². The first-order valence-corrected chi connectivity index (χ1v) is 6.33. The van der Waals surface area contributed by atoms with Crippen molar-refractivity contribution in [2.45, 2.75) is 15.4 Å². The Morgan fingerprint density at radius 1 is 1.44 bits per heavy atom. The largest absolute Gasteiger partial charge is 0.440 e. The molecule has 0 bridgehead atoms. The van der Waals surface area contributed by atoms with E-state index in [-0.39, 0.29) is 0 Å². The molecule has 84 valence electrons. The zero-order valence-corrected chi connectivity index (χ0v) is 10.0. The molecule has 6 nitrogen and oxygen atoms in total. The molecule has 2 aromatic heterocycles. The predicted octanol–water partition coefficient (Wildman–Crippen LogP) is 1.62. The van der Waals surface area contributed by atoms with Gasteiger partial charge in [0.25, 0.3) is 5.22 Å². The molecule has 0 saturated heterocycles. The molecule has 2 aromatic rings. The van der Waals surface area contributed by atoms with Crippen molar-refractivity contribution < 1.29 is 4.42 Å². The lowest BCUT2D eigenvalue weighted by molar-refractivity contribution is 0.454. The van der Waals surface area contributed by atoms with Crippen LogP contribution in [0.5, 0.6) is 0 Å². The summed E-state index contributed by atoms with van der Waals surface area (Å²) >= 11 is 2.76. The van der Waals surface area contributed by atoms with Crippen LogP contribution in [0.4, 0.5) is 5.82 Å². The number of rotatable bonds is 4. The zero-order valence-electron chi connectivity index (χ0n) is 8.38. The van der Waals surface area contributed by atoms with E-state index in [0.29, 0.717) is 16.2 Å². The van der Waals surface area contributed by atoms with Gasteiger partial charge in [0.05, 0.1) is 6.20 Å². The monoisotopic (exact) mass is 255 g/mol. The number of oxazole rings is 1. The minimum Gasteiger partial charge on any atom is -0.440 e. The summed E-state index contributed by atoms with van der Waals surface area (Å²) in [6.45, 7) is 0. The first-order valence-electron chi connectivity index (χ1n) is 4.29. The maximum Gasteiger partial charge on any atom is 0.261 e. The average Bonchev–Trinajstić information content (AvgIpc) is 2.81. The van der Waals surface area contributed by atoms with Crippen molar-refractivity contribution in [3.05, 3.63) is 18.5 Å². The average molecular weight is 255 g/mol. The number of thioether (sulfide) groups is 1. The minimum atomic E-state index is 0.536. The molecule has 0 unspecified atom stereocenters. The molecular weight excluding hydrogens is 246 g/mol. The fraction of sp³-hybridized carbons (Fsp3) is 0.125. The fourth-order valence-corrected chi connectivity index (χ4v) is 2.11. The highest BCUT2D eigenvalue weighted by Gasteiger charge is 2.07. The number of hydrazine groups is 1. The molecule has 0 saturated carbocycles. The molecule has 0 aromatic carbocycles. The summed E-state index contributed by atoms with van der Waals surface area (Å²) in [7, 11) is 0. The second-order valence-electron chi connectivity index (χ2n) is 2.62. The summed E-state index contributed by atoms with van der Waals surface area (Å²) in [5.41, 5.74) is 2.49. The van der Waals surface area contributed by atoms with Gasteiger partial charge in [0.1, 0.15) is 17.1 Å². The summed E-state index contributed by atoms with van der Waals surface area (Å²) in [6.07, 6.45) is 5.00. The van der Waals surface area contributed by atoms with Gasteiger partial charge in [0, 0.05) is 6.07 Å². The topological polar surface area (TPSA) is 89.9 Å². The van der Waals surface area contributed by atoms with Gasteiger partial charge in [-0.2, -0.15) is 0 Å². The van der Waals surface area contributed by atoms with Crippen LogP contribution in [0.15, 0.2) is 38.3 Å². The molecule has 0 aliphatic heterocycles. The zero-order chi connectivity index (χ0) is 11.4. The van der Waals surface area contributed by atoms with Crippen LogP contribution < -0.4 is 11.3 Å². The standard InChI is InChI=1S/C8H9N5OS2/c1-15-7-11-5(13-9)4-6(12-7)16-8-10-2-3-14-8/h2-4H,9H2,1H3,(H,11,12,13). The van der Waals surface area contributed by atoms with Crippen molar-refractivity contribution in [2.75, 3.05) is 11.7 Å². The molecule has 2 rings (SSSR count). The molecule has 0 atom stereocenters. The second kappa shape index (κ2) is 5.19. The first-order chi connectivity index (χ1) is 7.81. The van der Waals surface area contributed by atoms with E-state index < -0.39 is 0 Å². The number of nitrogen functional groups attached to an aromatic ring is 1. The Bertz CT molecular complexity index is 439. The molecule has 8 heteroatoms. The Morgan fingerprint density at radius 3 is 2.94 bits per heavy atom. The van der Waals surface area contributed by atoms with E-state index in [1.165, 1.54) is 29.8 Å². The molecule has 16 heavy (non-hydrogen) atoms. The van der Waals surface area contributed by atoms with Crippen molar-refractivity contribution in [2.24, 2.45) is 5.84 Å². The molecule has 3 N–H and O–H groups in total. The lowest BCUT2D eigenvalue weighted by Gasteiger charge is -2.03. The fourth-order valence-electron chi connectivity index (χ4n) is 0.972. The summed E-state index contributed by atoms with van der Waals surface area (Å²) in [5, 5.41) is 1.91. The highest BCUT2D eigenvalue weighted by atomic mass is 32.2. The number of nitrogens with zero attached hydrogens (tertiary/aromatic N) is 3. The highest BCUT2D eigenvalue weighted by molar-refractivity contribution is 7.99. The van der Waals surface area contributed by atoms with Crippen molar-refractivity contribution in [1.29, 1.82) is 0 Å². The van der Waals surface area contributed by atoms with Crippen LogP contribution >= 0.6 is 23.5 Å². The molecule has 0 aliphatic rings. The van der Waals surface area contributed by atoms with E-state index in [2.05, 4.69) is 20.4 Å². The molecule has 0 amide bonds. The van der Waals surface area contributed by atoms with Crippen molar-refractivity contribution >= 4 is 29.3 Å². The van der Waals surface area contributed by atoms with Crippen LogP contribution in [-0.2, 0) is 0 Å². The van der Waals surface area contributed by atoms with E-state index >= 15 is 0 Å². The van der Waals surface area contributed by atoms with Crippen LogP contribution in [0.2, 0.25) is 0 Å². The third-order valence-electron chi connectivity index (χ3n) is 1.61. The van der Waals surface area contributed by atoms with Crippen LogP contribution in [0.3, 0.4) is 0 Å². The molecule has 0 fully saturated rings. The minimum absolute atomic E-state index is 0.536. The van der Waals surface area contributed by atoms with E-state index in [1.807, 2.05) is 6.26 Å². The van der Waals surface area contributed by atoms with Gasteiger partial charge < -0.3 is 9.84 Å². The Kier molecular flexibility index (Phi) is 3.65. The smallest absolute Gasteiger partial charge is 0.261 e. The Hall–Kier alpha value is -1.25. The van der Waals surface area contributed by atoms with Gasteiger partial charge in [0.15, 0.2) is 5.16 Å². The maximum absolute atomic E-state index is 5.32. The van der Waals surface area contributed by atoms with Gasteiger partial charge in [-0.05, 0) is 18.0 Å². The second-order valence-corrected chi connectivity index (χ2v) is 4.37. The molecule has 0 radical (unpaired) electrons. The van der Waals surface area contributed by atoms with Crippen molar-refractivity contribution in [3.63, 3.8) is 0 Å². The maximum atomic E-state index is 5.32. The first kappa shape index (κ1) is 11.2. The van der Waals surface area contributed by atoms with Crippen molar-refractivity contribution in [1.82, 2.24) is 15.0 Å². The third kappa shape index (κ3) is 2.65. The molecule has 0 spiro atoms. The van der Waals surface area contributed by atoms with Gasteiger partial charge in [-0.1, -0.05) is 11.8 Å². The summed E-state index contributed by atoms with van der Waals surface area (Å²) < 4.78 is 5.12. The predicted molar refractivity (Wildman–Crippen MR) is 62.2 cm³/mol. The van der Waals surface area contributed by atoms with Gasteiger partial charge in [-0.3, -0.25) is 0 Å². The van der Waals surface area contributed by atoms with E-state index in [1.54, 1.807) is 12.3 Å². The Morgan fingerprint density at radius 2 is 2.31 bits per heavy atom. The lowest BCUT2D eigenvalue weighted by Crippen LogP contribution is -2.09. The molecule has 2 heterocycles. The number of aromatic nitrogens is 3. The van der Waals surface area contributed by atoms with Gasteiger partial charge in [0.2, 0.25) is 0 Å². The molecule has 0 aliphatic carbocycles. The van der Waals surface area contributed by atoms with E-state index in [0.717, 1.165) is 5.03 Å². The summed E-state index contributed by atoms with van der Waals surface area (Å²) in [6, 6.07) is 1.73. The molecular formula is C8H9N5OS2.